The molecule has 6 nitrogen and oxygen atoms in total. The Morgan fingerprint density at radius 2 is 2.10 bits per heavy atom. The van der Waals surface area contributed by atoms with Crippen LogP contribution in [0.1, 0.15) is 36.2 Å². The molecular formula is C15H18N2O4. The number of carboxylic acids is 1. The standard InChI is InChI=1S/C15H18N2O4/c1-8(2)5-12(15(20)21)17-14(19)10-4-3-9-7-13(18)16-11(9)6-10/h3-4,6,8,12H,5,7H2,1-2H3,(H,16,18)(H,17,19)(H,20,21)/t12-/m0/s1. The molecule has 0 spiro atoms. The van der Waals surface area contributed by atoms with Gasteiger partial charge in [0.1, 0.15) is 6.04 Å². The van der Waals surface area contributed by atoms with Gasteiger partial charge in [0.15, 0.2) is 0 Å². The van der Waals surface area contributed by atoms with Crippen molar-refractivity contribution in [2.24, 2.45) is 5.92 Å². The zero-order valence-corrected chi connectivity index (χ0v) is 12.0. The number of aliphatic carboxylic acids is 1. The van der Waals surface area contributed by atoms with Crippen molar-refractivity contribution in [3.8, 4) is 0 Å². The molecule has 0 bridgehead atoms. The third kappa shape index (κ3) is 3.59. The summed E-state index contributed by atoms with van der Waals surface area (Å²) in [4.78, 5) is 34.6. The maximum Gasteiger partial charge on any atom is 0.326 e. The summed E-state index contributed by atoms with van der Waals surface area (Å²) in [5, 5.41) is 14.3. The molecule has 0 saturated heterocycles. The first kappa shape index (κ1) is 15.0. The Kier molecular flexibility index (Phi) is 4.26. The second-order valence-corrected chi connectivity index (χ2v) is 5.59. The number of carbonyl (C=O) groups is 3. The molecule has 1 aromatic rings. The molecule has 2 amide bonds. The van der Waals surface area contributed by atoms with E-state index < -0.39 is 17.9 Å². The maximum absolute atomic E-state index is 12.1. The van der Waals surface area contributed by atoms with Gasteiger partial charge in [0.2, 0.25) is 5.91 Å². The van der Waals surface area contributed by atoms with Crippen LogP contribution in [0.4, 0.5) is 5.69 Å². The fraction of sp³-hybridized carbons (Fsp3) is 0.400. The van der Waals surface area contributed by atoms with Crippen LogP contribution in [-0.2, 0) is 16.0 Å². The fourth-order valence-corrected chi connectivity index (χ4v) is 2.29. The van der Waals surface area contributed by atoms with Crippen LogP contribution in [0.25, 0.3) is 0 Å². The Hall–Kier alpha value is -2.37. The number of carbonyl (C=O) groups excluding carboxylic acids is 2. The van der Waals surface area contributed by atoms with Gasteiger partial charge in [-0.2, -0.15) is 0 Å². The summed E-state index contributed by atoms with van der Waals surface area (Å²) >= 11 is 0. The lowest BCUT2D eigenvalue weighted by Gasteiger charge is -2.16. The molecule has 1 atom stereocenters. The number of anilines is 1. The van der Waals surface area contributed by atoms with Crippen molar-refractivity contribution < 1.29 is 19.5 Å². The largest absolute Gasteiger partial charge is 0.480 e. The summed E-state index contributed by atoms with van der Waals surface area (Å²) in [6, 6.07) is 3.97. The minimum Gasteiger partial charge on any atom is -0.480 e. The molecule has 0 aromatic heterocycles. The van der Waals surface area contributed by atoms with Gasteiger partial charge in [-0.05, 0) is 30.0 Å². The van der Waals surface area contributed by atoms with E-state index >= 15 is 0 Å². The van der Waals surface area contributed by atoms with Gasteiger partial charge in [-0.15, -0.1) is 0 Å². The highest BCUT2D eigenvalue weighted by Gasteiger charge is 2.23. The van der Waals surface area contributed by atoms with Crippen molar-refractivity contribution in [1.82, 2.24) is 5.32 Å². The Balaban J connectivity index is 2.11. The van der Waals surface area contributed by atoms with E-state index in [1.807, 2.05) is 13.8 Å². The lowest BCUT2D eigenvalue weighted by molar-refractivity contribution is -0.139. The van der Waals surface area contributed by atoms with E-state index in [1.54, 1.807) is 18.2 Å². The predicted molar refractivity (Wildman–Crippen MR) is 77.1 cm³/mol. The van der Waals surface area contributed by atoms with Crippen molar-refractivity contribution >= 4 is 23.5 Å². The molecule has 0 fully saturated rings. The van der Waals surface area contributed by atoms with Gasteiger partial charge >= 0.3 is 5.97 Å². The molecule has 0 saturated carbocycles. The molecule has 21 heavy (non-hydrogen) atoms. The number of hydrogen-bond acceptors (Lipinski definition) is 3. The highest BCUT2D eigenvalue weighted by molar-refractivity contribution is 6.02. The minimum atomic E-state index is -1.05. The second kappa shape index (κ2) is 5.95. The Bertz CT molecular complexity index is 595. The highest BCUT2D eigenvalue weighted by atomic mass is 16.4. The van der Waals surface area contributed by atoms with Crippen LogP contribution in [0.15, 0.2) is 18.2 Å². The molecule has 0 radical (unpaired) electrons. The van der Waals surface area contributed by atoms with Gasteiger partial charge < -0.3 is 15.7 Å². The number of fused-ring (bicyclic) bond motifs is 1. The summed E-state index contributed by atoms with van der Waals surface area (Å²) in [5.74, 6) is -1.45. The third-order valence-corrected chi connectivity index (χ3v) is 3.31. The summed E-state index contributed by atoms with van der Waals surface area (Å²) in [6.07, 6.45) is 0.672. The zero-order chi connectivity index (χ0) is 15.6. The molecule has 1 heterocycles. The lowest BCUT2D eigenvalue weighted by Crippen LogP contribution is -2.41. The zero-order valence-electron chi connectivity index (χ0n) is 12.0. The Morgan fingerprint density at radius 1 is 1.38 bits per heavy atom. The van der Waals surface area contributed by atoms with Crippen LogP contribution >= 0.6 is 0 Å². The number of carboxylic acid groups (broad SMARTS) is 1. The normalized spacial score (nSPS) is 14.5. The monoisotopic (exact) mass is 290 g/mol. The first-order valence-corrected chi connectivity index (χ1v) is 6.83. The van der Waals surface area contributed by atoms with Crippen LogP contribution in [0.3, 0.4) is 0 Å². The van der Waals surface area contributed by atoms with Gasteiger partial charge in [0.25, 0.3) is 5.91 Å². The van der Waals surface area contributed by atoms with Crippen LogP contribution in [0.5, 0.6) is 0 Å². The van der Waals surface area contributed by atoms with E-state index in [0.717, 1.165) is 5.56 Å². The molecule has 3 N–H and O–H groups in total. The van der Waals surface area contributed by atoms with E-state index in [4.69, 9.17) is 5.11 Å². The maximum atomic E-state index is 12.1. The molecule has 0 unspecified atom stereocenters. The molecule has 112 valence electrons. The number of rotatable bonds is 5. The average Bonchev–Trinajstić information content (AvgIpc) is 2.76. The molecular weight excluding hydrogens is 272 g/mol. The van der Waals surface area contributed by atoms with Crippen LogP contribution < -0.4 is 10.6 Å². The summed E-state index contributed by atoms with van der Waals surface area (Å²) in [7, 11) is 0. The molecule has 1 aromatic carbocycles. The van der Waals surface area contributed by atoms with Crippen molar-refractivity contribution in [3.63, 3.8) is 0 Å². The van der Waals surface area contributed by atoms with Crippen molar-refractivity contribution in [2.75, 3.05) is 5.32 Å². The molecule has 1 aliphatic rings. The van der Waals surface area contributed by atoms with E-state index in [2.05, 4.69) is 10.6 Å². The van der Waals surface area contributed by atoms with Gasteiger partial charge in [-0.1, -0.05) is 19.9 Å². The van der Waals surface area contributed by atoms with Crippen molar-refractivity contribution in [2.45, 2.75) is 32.7 Å². The van der Waals surface area contributed by atoms with Crippen molar-refractivity contribution in [3.05, 3.63) is 29.3 Å². The number of nitrogens with one attached hydrogen (secondary N) is 2. The highest BCUT2D eigenvalue weighted by Crippen LogP contribution is 2.24. The van der Waals surface area contributed by atoms with Crippen molar-refractivity contribution in [1.29, 1.82) is 0 Å². The Morgan fingerprint density at radius 3 is 2.71 bits per heavy atom. The minimum absolute atomic E-state index is 0.106. The van der Waals surface area contributed by atoms with Crippen LogP contribution in [0, 0.1) is 5.92 Å². The van der Waals surface area contributed by atoms with E-state index in [1.165, 1.54) is 0 Å². The van der Waals surface area contributed by atoms with Gasteiger partial charge in [0.05, 0.1) is 6.42 Å². The predicted octanol–water partition coefficient (Wildman–Crippen LogP) is 1.41. The topological polar surface area (TPSA) is 95.5 Å². The quantitative estimate of drug-likeness (QED) is 0.764. The molecule has 6 heteroatoms. The smallest absolute Gasteiger partial charge is 0.326 e. The van der Waals surface area contributed by atoms with E-state index in [0.29, 0.717) is 24.1 Å². The fourth-order valence-electron chi connectivity index (χ4n) is 2.29. The third-order valence-electron chi connectivity index (χ3n) is 3.31. The lowest BCUT2D eigenvalue weighted by atomic mass is 10.0. The van der Waals surface area contributed by atoms with Crippen LogP contribution in [0.2, 0.25) is 0 Å². The second-order valence-electron chi connectivity index (χ2n) is 5.59. The van der Waals surface area contributed by atoms with Gasteiger partial charge in [-0.25, -0.2) is 4.79 Å². The van der Waals surface area contributed by atoms with Gasteiger partial charge in [0, 0.05) is 11.3 Å². The SMILES string of the molecule is CC(C)C[C@H](NC(=O)c1ccc2c(c1)NC(=O)C2)C(=O)O. The molecule has 2 rings (SSSR count). The summed E-state index contributed by atoms with van der Waals surface area (Å²) in [6.45, 7) is 3.79. The summed E-state index contributed by atoms with van der Waals surface area (Å²) < 4.78 is 0. The number of benzene rings is 1. The Labute approximate surface area is 122 Å². The summed E-state index contributed by atoms with van der Waals surface area (Å²) in [5.41, 5.74) is 1.79. The van der Waals surface area contributed by atoms with Gasteiger partial charge in [-0.3, -0.25) is 9.59 Å². The van der Waals surface area contributed by atoms with E-state index in [9.17, 15) is 14.4 Å². The average molecular weight is 290 g/mol. The van der Waals surface area contributed by atoms with Crippen LogP contribution in [-0.4, -0.2) is 28.9 Å². The molecule has 0 aliphatic carbocycles. The first-order chi connectivity index (χ1) is 9.86. The molecule has 1 aliphatic heterocycles. The first-order valence-electron chi connectivity index (χ1n) is 6.83. The number of hydrogen-bond donors (Lipinski definition) is 3. The van der Waals surface area contributed by atoms with E-state index in [-0.39, 0.29) is 11.8 Å². The number of amides is 2.